The highest BCUT2D eigenvalue weighted by Crippen LogP contribution is 2.33. The second-order valence-corrected chi connectivity index (χ2v) is 7.68. The van der Waals surface area contributed by atoms with E-state index in [1.54, 1.807) is 12.3 Å². The summed E-state index contributed by atoms with van der Waals surface area (Å²) in [6, 6.07) is 7.51. The second-order valence-electron chi connectivity index (χ2n) is 7.68. The summed E-state index contributed by atoms with van der Waals surface area (Å²) in [5.74, 6) is -3.56. The molecule has 0 radical (unpaired) electrons. The Labute approximate surface area is 169 Å². The number of aromatic amines is 1. The number of H-pyrrole nitrogens is 1. The van der Waals surface area contributed by atoms with Crippen molar-refractivity contribution in [1.82, 2.24) is 19.9 Å². The number of fused-ring (bicyclic) bond motifs is 2. The Kier molecular flexibility index (Phi) is 4.66. The van der Waals surface area contributed by atoms with Crippen molar-refractivity contribution in [2.45, 2.75) is 25.3 Å². The summed E-state index contributed by atoms with van der Waals surface area (Å²) in [7, 11) is 0. The smallest absolute Gasteiger partial charge is 0.196 e. The summed E-state index contributed by atoms with van der Waals surface area (Å²) in [4.78, 5) is 13.5. The number of likely N-dealkylation sites (tertiary alicyclic amines) is 1. The third-order valence-corrected chi connectivity index (χ3v) is 5.80. The van der Waals surface area contributed by atoms with Crippen LogP contribution in [0.1, 0.15) is 30.1 Å². The lowest BCUT2D eigenvalue weighted by molar-refractivity contribution is 0.201. The lowest BCUT2D eigenvalue weighted by Crippen LogP contribution is -2.32. The Hall–Kier alpha value is -3.00. The van der Waals surface area contributed by atoms with Gasteiger partial charge >= 0.3 is 0 Å². The first-order valence-electron chi connectivity index (χ1n) is 9.78. The lowest BCUT2D eigenvalue weighted by atomic mass is 9.87. The monoisotopic (exact) mass is 414 g/mol. The van der Waals surface area contributed by atoms with Crippen molar-refractivity contribution >= 4 is 21.9 Å². The number of aromatic nitrogens is 3. The number of benzene rings is 2. The summed E-state index contributed by atoms with van der Waals surface area (Å²) in [5.41, 5.74) is 1.82. The standard InChI is InChI=1S/C22H18F4N4/c23-13-1-2-17-15(9-13)14(3-6-27-17)12-4-7-30(8-5-12)11-19-28-18-10-16(24)20(25)21(26)22(18)29-19/h1-3,6,9-10,12H,4-5,7-8,11H2,(H,28,29). The van der Waals surface area contributed by atoms with Gasteiger partial charge in [0.1, 0.15) is 17.2 Å². The highest BCUT2D eigenvalue weighted by Gasteiger charge is 2.24. The molecule has 2 aromatic heterocycles. The molecule has 3 heterocycles. The van der Waals surface area contributed by atoms with E-state index in [1.807, 2.05) is 6.07 Å². The van der Waals surface area contributed by atoms with Crippen molar-refractivity contribution in [2.75, 3.05) is 13.1 Å². The van der Waals surface area contributed by atoms with Gasteiger partial charge in [-0.15, -0.1) is 0 Å². The molecule has 8 heteroatoms. The number of rotatable bonds is 3. The number of piperidine rings is 1. The van der Waals surface area contributed by atoms with E-state index in [-0.39, 0.29) is 22.8 Å². The molecule has 2 aromatic carbocycles. The average Bonchev–Trinajstić information content (AvgIpc) is 3.14. The van der Waals surface area contributed by atoms with Crippen LogP contribution in [0.2, 0.25) is 0 Å². The van der Waals surface area contributed by atoms with Gasteiger partial charge in [-0.3, -0.25) is 9.88 Å². The zero-order valence-electron chi connectivity index (χ0n) is 15.9. The Morgan fingerprint density at radius 3 is 2.60 bits per heavy atom. The molecule has 5 rings (SSSR count). The van der Waals surface area contributed by atoms with Gasteiger partial charge in [-0.2, -0.15) is 0 Å². The molecule has 154 valence electrons. The zero-order valence-corrected chi connectivity index (χ0v) is 15.9. The number of nitrogens with one attached hydrogen (secondary N) is 1. The number of hydrogen-bond donors (Lipinski definition) is 1. The number of pyridine rings is 1. The quantitative estimate of drug-likeness (QED) is 0.377. The molecule has 0 aliphatic carbocycles. The molecule has 4 aromatic rings. The van der Waals surface area contributed by atoms with E-state index in [2.05, 4.69) is 19.9 Å². The molecule has 1 aliphatic rings. The minimum absolute atomic E-state index is 0.140. The van der Waals surface area contributed by atoms with Gasteiger partial charge in [-0.1, -0.05) is 0 Å². The largest absolute Gasteiger partial charge is 0.341 e. The van der Waals surface area contributed by atoms with Crippen LogP contribution >= 0.6 is 0 Å². The van der Waals surface area contributed by atoms with E-state index < -0.39 is 17.5 Å². The summed E-state index contributed by atoms with van der Waals surface area (Å²) in [5, 5.41) is 0.841. The number of nitrogens with zero attached hydrogens (tertiary/aromatic N) is 3. The molecule has 4 nitrogen and oxygen atoms in total. The van der Waals surface area contributed by atoms with Crippen molar-refractivity contribution in [3.8, 4) is 0 Å². The van der Waals surface area contributed by atoms with Crippen LogP contribution in [0.25, 0.3) is 21.9 Å². The maximum atomic E-state index is 13.9. The van der Waals surface area contributed by atoms with E-state index in [0.29, 0.717) is 12.4 Å². The first kappa shape index (κ1) is 19.0. The third-order valence-electron chi connectivity index (χ3n) is 5.80. The molecule has 0 spiro atoms. The summed E-state index contributed by atoms with van der Waals surface area (Å²) in [6.45, 7) is 1.97. The number of halogens is 4. The molecule has 1 aliphatic heterocycles. The topological polar surface area (TPSA) is 44.8 Å². The zero-order chi connectivity index (χ0) is 20.8. The second kappa shape index (κ2) is 7.36. The van der Waals surface area contributed by atoms with Crippen molar-refractivity contribution in [2.24, 2.45) is 0 Å². The van der Waals surface area contributed by atoms with E-state index >= 15 is 0 Å². The fourth-order valence-electron chi connectivity index (χ4n) is 4.29. The maximum absolute atomic E-state index is 13.9. The maximum Gasteiger partial charge on any atom is 0.196 e. The van der Waals surface area contributed by atoms with Crippen LogP contribution in [0.15, 0.2) is 36.5 Å². The molecule has 1 fully saturated rings. The summed E-state index contributed by atoms with van der Waals surface area (Å²) >= 11 is 0. The van der Waals surface area contributed by atoms with Gasteiger partial charge < -0.3 is 4.98 Å². The van der Waals surface area contributed by atoms with Crippen molar-refractivity contribution < 1.29 is 17.6 Å². The van der Waals surface area contributed by atoms with E-state index in [9.17, 15) is 17.6 Å². The number of imidazole rings is 1. The molecule has 0 atom stereocenters. The van der Waals surface area contributed by atoms with Gasteiger partial charge in [0.2, 0.25) is 0 Å². The van der Waals surface area contributed by atoms with Gasteiger partial charge in [0.15, 0.2) is 17.5 Å². The van der Waals surface area contributed by atoms with Gasteiger partial charge in [-0.05, 0) is 61.7 Å². The molecular formula is C22H18F4N4. The minimum atomic E-state index is -1.51. The fourth-order valence-corrected chi connectivity index (χ4v) is 4.29. The van der Waals surface area contributed by atoms with Gasteiger partial charge in [-0.25, -0.2) is 22.5 Å². The van der Waals surface area contributed by atoms with Crippen molar-refractivity contribution in [3.63, 3.8) is 0 Å². The Morgan fingerprint density at radius 1 is 1.00 bits per heavy atom. The SMILES string of the molecule is Fc1ccc2nccc(C3CCN(Cc4nc5c(F)c(F)c(F)cc5[nH]4)CC3)c2c1. The van der Waals surface area contributed by atoms with Crippen LogP contribution in [0.3, 0.4) is 0 Å². The van der Waals surface area contributed by atoms with Crippen LogP contribution in [0.5, 0.6) is 0 Å². The summed E-state index contributed by atoms with van der Waals surface area (Å²) in [6.07, 6.45) is 3.49. The normalized spacial score (nSPS) is 16.0. The third kappa shape index (κ3) is 3.31. The lowest BCUT2D eigenvalue weighted by Gasteiger charge is -2.32. The Balaban J connectivity index is 1.32. The predicted octanol–water partition coefficient (Wildman–Crippen LogP) is 5.05. The van der Waals surface area contributed by atoms with E-state index in [4.69, 9.17) is 0 Å². The molecule has 0 amide bonds. The Morgan fingerprint density at radius 2 is 1.80 bits per heavy atom. The fraction of sp³-hybridized carbons (Fsp3) is 0.273. The first-order chi connectivity index (χ1) is 14.5. The molecule has 1 N–H and O–H groups in total. The van der Waals surface area contributed by atoms with Gasteiger partial charge in [0.05, 0.1) is 17.6 Å². The molecule has 1 saturated heterocycles. The molecular weight excluding hydrogens is 396 g/mol. The van der Waals surface area contributed by atoms with Crippen LogP contribution in [0, 0.1) is 23.3 Å². The highest BCUT2D eigenvalue weighted by atomic mass is 19.2. The van der Waals surface area contributed by atoms with Crippen molar-refractivity contribution in [3.05, 3.63) is 71.2 Å². The Bertz CT molecular complexity index is 1250. The molecule has 0 saturated carbocycles. The summed E-state index contributed by atoms with van der Waals surface area (Å²) < 4.78 is 54.5. The minimum Gasteiger partial charge on any atom is -0.341 e. The average molecular weight is 414 g/mol. The highest BCUT2D eigenvalue weighted by molar-refractivity contribution is 5.82. The van der Waals surface area contributed by atoms with Gasteiger partial charge in [0, 0.05) is 17.6 Å². The van der Waals surface area contributed by atoms with Crippen molar-refractivity contribution in [1.29, 1.82) is 0 Å². The molecule has 30 heavy (non-hydrogen) atoms. The first-order valence-corrected chi connectivity index (χ1v) is 9.78. The van der Waals surface area contributed by atoms with E-state index in [0.717, 1.165) is 48.5 Å². The van der Waals surface area contributed by atoms with E-state index in [1.165, 1.54) is 12.1 Å². The van der Waals surface area contributed by atoms with Crippen LogP contribution in [-0.4, -0.2) is 32.9 Å². The van der Waals surface area contributed by atoms with Crippen LogP contribution in [-0.2, 0) is 6.54 Å². The predicted molar refractivity (Wildman–Crippen MR) is 105 cm³/mol. The van der Waals surface area contributed by atoms with Gasteiger partial charge in [0.25, 0.3) is 0 Å². The molecule has 0 bridgehead atoms. The molecule has 0 unspecified atom stereocenters. The number of hydrogen-bond acceptors (Lipinski definition) is 3. The van der Waals surface area contributed by atoms with Crippen LogP contribution in [0.4, 0.5) is 17.6 Å². The van der Waals surface area contributed by atoms with Crippen LogP contribution < -0.4 is 0 Å².